The molecule has 0 spiro atoms. The Hall–Kier alpha value is -3.18. The summed E-state index contributed by atoms with van der Waals surface area (Å²) in [4.78, 5) is 8.90. The molecule has 2 fully saturated rings. The second-order valence-electron chi connectivity index (χ2n) is 6.74. The first-order chi connectivity index (χ1) is 14.6. The predicted octanol–water partition coefficient (Wildman–Crippen LogP) is 1.87. The summed E-state index contributed by atoms with van der Waals surface area (Å²) in [5, 5.41) is 13.4. The van der Waals surface area contributed by atoms with Crippen molar-refractivity contribution in [2.75, 3.05) is 37.6 Å². The fraction of sp³-hybridized carbons (Fsp3) is 0.350. The fourth-order valence-corrected chi connectivity index (χ4v) is 2.17. The molecular formula is C20H25F3N4O4. The zero-order valence-electron chi connectivity index (χ0n) is 16.6. The van der Waals surface area contributed by atoms with Crippen LogP contribution in [0.3, 0.4) is 0 Å². The monoisotopic (exact) mass is 442 g/mol. The maximum atomic E-state index is 10.6. The third-order valence-corrected chi connectivity index (χ3v) is 4.10. The van der Waals surface area contributed by atoms with Crippen LogP contribution in [0.15, 0.2) is 48.5 Å². The smallest absolute Gasteiger partial charge is 0.488 e. The molecule has 2 aromatic rings. The minimum Gasteiger partial charge on any atom is -0.488 e. The Balaban J connectivity index is 0.000000173. The van der Waals surface area contributed by atoms with E-state index in [9.17, 15) is 13.2 Å². The number of nitrogens with one attached hydrogen (secondary N) is 2. The topological polar surface area (TPSA) is 132 Å². The summed E-state index contributed by atoms with van der Waals surface area (Å²) in [5.74, 6) is -0.959. The van der Waals surface area contributed by atoms with Crippen molar-refractivity contribution >= 4 is 17.3 Å². The first-order valence-electron chi connectivity index (χ1n) is 9.39. The van der Waals surface area contributed by atoms with Crippen molar-refractivity contribution in [1.82, 2.24) is 10.6 Å². The lowest BCUT2D eigenvalue weighted by Gasteiger charge is -2.27. The maximum absolute atomic E-state index is 10.6. The summed E-state index contributed by atoms with van der Waals surface area (Å²) in [5.41, 5.74) is 12.6. The summed E-state index contributed by atoms with van der Waals surface area (Å²) < 4.78 is 42.9. The Morgan fingerprint density at radius 3 is 1.29 bits per heavy atom. The first-order valence-corrected chi connectivity index (χ1v) is 9.39. The van der Waals surface area contributed by atoms with Crippen LogP contribution in [-0.4, -0.2) is 55.6 Å². The van der Waals surface area contributed by atoms with Crippen molar-refractivity contribution < 1.29 is 32.5 Å². The molecule has 31 heavy (non-hydrogen) atoms. The number of rotatable bonds is 4. The van der Waals surface area contributed by atoms with E-state index in [1.165, 1.54) is 0 Å². The predicted molar refractivity (Wildman–Crippen MR) is 110 cm³/mol. The number of carbonyl (C=O) groups is 1. The van der Waals surface area contributed by atoms with Gasteiger partial charge in [0.2, 0.25) is 0 Å². The van der Waals surface area contributed by atoms with Crippen LogP contribution in [0.5, 0.6) is 11.5 Å². The average Bonchev–Trinajstić information content (AvgIpc) is 2.64. The number of benzene rings is 2. The number of carboxylic acid groups (broad SMARTS) is 1. The largest absolute Gasteiger partial charge is 0.490 e. The van der Waals surface area contributed by atoms with Crippen molar-refractivity contribution in [3.63, 3.8) is 0 Å². The van der Waals surface area contributed by atoms with E-state index < -0.39 is 12.1 Å². The van der Waals surface area contributed by atoms with Crippen LogP contribution in [0.1, 0.15) is 0 Å². The number of hydrogen-bond donors (Lipinski definition) is 5. The number of nitrogen functional groups attached to an aromatic ring is 2. The Labute approximate surface area is 177 Å². The van der Waals surface area contributed by atoms with Gasteiger partial charge in [0, 0.05) is 37.6 Å². The lowest BCUT2D eigenvalue weighted by molar-refractivity contribution is -0.192. The number of aliphatic carboxylic acids is 1. The van der Waals surface area contributed by atoms with Crippen LogP contribution in [0.2, 0.25) is 0 Å². The Kier molecular flexibility index (Phi) is 8.76. The molecule has 2 aliphatic rings. The maximum Gasteiger partial charge on any atom is 0.490 e. The molecule has 2 aromatic carbocycles. The van der Waals surface area contributed by atoms with Gasteiger partial charge in [-0.15, -0.1) is 0 Å². The van der Waals surface area contributed by atoms with Crippen LogP contribution in [0.4, 0.5) is 24.5 Å². The molecule has 2 aliphatic heterocycles. The number of anilines is 2. The molecule has 0 saturated carbocycles. The van der Waals surface area contributed by atoms with Gasteiger partial charge in [-0.3, -0.25) is 0 Å². The Morgan fingerprint density at radius 1 is 0.806 bits per heavy atom. The van der Waals surface area contributed by atoms with Crippen molar-refractivity contribution in [3.05, 3.63) is 48.5 Å². The number of ether oxygens (including phenoxy) is 2. The summed E-state index contributed by atoms with van der Waals surface area (Å²) in [6, 6.07) is 15.0. The van der Waals surface area contributed by atoms with E-state index in [0.717, 1.165) is 49.1 Å². The molecule has 0 bridgehead atoms. The molecule has 0 radical (unpaired) electrons. The SMILES string of the molecule is Nc1ccc(OC2CNC2)cc1.Nc1ccc(OC2CNC2)cc1.O=C(O)C(F)(F)F. The van der Waals surface area contributed by atoms with E-state index >= 15 is 0 Å². The molecule has 0 atom stereocenters. The van der Waals surface area contributed by atoms with Gasteiger partial charge >= 0.3 is 12.1 Å². The molecule has 0 aliphatic carbocycles. The molecule has 2 heterocycles. The van der Waals surface area contributed by atoms with Gasteiger partial charge in [0.1, 0.15) is 23.7 Å². The number of carboxylic acids is 1. The Bertz CT molecular complexity index is 751. The molecule has 0 aromatic heterocycles. The number of alkyl halides is 3. The van der Waals surface area contributed by atoms with Gasteiger partial charge in [-0.2, -0.15) is 13.2 Å². The number of nitrogens with two attached hydrogens (primary N) is 2. The third-order valence-electron chi connectivity index (χ3n) is 4.10. The minimum atomic E-state index is -5.08. The molecule has 8 nitrogen and oxygen atoms in total. The third kappa shape index (κ3) is 9.01. The van der Waals surface area contributed by atoms with Crippen molar-refractivity contribution in [2.45, 2.75) is 18.4 Å². The highest BCUT2D eigenvalue weighted by Gasteiger charge is 2.38. The molecule has 0 unspecified atom stereocenters. The lowest BCUT2D eigenvalue weighted by Crippen LogP contribution is -2.50. The van der Waals surface area contributed by atoms with Gasteiger partial charge in [-0.25, -0.2) is 4.79 Å². The molecule has 4 rings (SSSR count). The van der Waals surface area contributed by atoms with Crippen LogP contribution in [0, 0.1) is 0 Å². The van der Waals surface area contributed by atoms with Gasteiger partial charge in [0.25, 0.3) is 0 Å². The molecule has 7 N–H and O–H groups in total. The highest BCUT2D eigenvalue weighted by atomic mass is 19.4. The zero-order valence-corrected chi connectivity index (χ0v) is 16.6. The van der Waals surface area contributed by atoms with E-state index in [4.69, 9.17) is 30.8 Å². The van der Waals surface area contributed by atoms with Crippen molar-refractivity contribution in [2.24, 2.45) is 0 Å². The fourth-order valence-electron chi connectivity index (χ4n) is 2.17. The molecule has 11 heteroatoms. The molecule has 170 valence electrons. The number of halogens is 3. The van der Waals surface area contributed by atoms with Gasteiger partial charge < -0.3 is 36.7 Å². The standard InChI is InChI=1S/2C9H12N2O.C2HF3O2/c2*10-7-1-3-8(4-2-7)12-9-5-11-6-9;3-2(4,5)1(6)7/h2*1-4,9,11H,5-6,10H2;(H,6,7). The van der Waals surface area contributed by atoms with Gasteiger partial charge in [0.05, 0.1) is 0 Å². The van der Waals surface area contributed by atoms with E-state index in [1.807, 2.05) is 48.5 Å². The van der Waals surface area contributed by atoms with Crippen LogP contribution in [0.25, 0.3) is 0 Å². The van der Waals surface area contributed by atoms with E-state index in [1.54, 1.807) is 0 Å². The Morgan fingerprint density at radius 2 is 1.10 bits per heavy atom. The minimum absolute atomic E-state index is 0.341. The zero-order chi connectivity index (χ0) is 22.9. The summed E-state index contributed by atoms with van der Waals surface area (Å²) in [6.45, 7) is 3.80. The normalized spacial score (nSPS) is 15.7. The van der Waals surface area contributed by atoms with Gasteiger partial charge in [-0.05, 0) is 48.5 Å². The lowest BCUT2D eigenvalue weighted by atomic mass is 10.2. The van der Waals surface area contributed by atoms with E-state index in [2.05, 4.69) is 10.6 Å². The molecular weight excluding hydrogens is 417 g/mol. The summed E-state index contributed by atoms with van der Waals surface area (Å²) >= 11 is 0. The average molecular weight is 442 g/mol. The van der Waals surface area contributed by atoms with Crippen LogP contribution < -0.4 is 31.6 Å². The second kappa shape index (κ2) is 11.3. The molecule has 0 amide bonds. The quantitative estimate of drug-likeness (QED) is 0.454. The van der Waals surface area contributed by atoms with Crippen LogP contribution >= 0.6 is 0 Å². The van der Waals surface area contributed by atoms with Crippen molar-refractivity contribution in [1.29, 1.82) is 0 Å². The van der Waals surface area contributed by atoms with E-state index in [-0.39, 0.29) is 0 Å². The van der Waals surface area contributed by atoms with Gasteiger partial charge in [0.15, 0.2) is 0 Å². The van der Waals surface area contributed by atoms with Gasteiger partial charge in [-0.1, -0.05) is 0 Å². The molecule has 2 saturated heterocycles. The summed E-state index contributed by atoms with van der Waals surface area (Å²) in [6.07, 6.45) is -4.40. The van der Waals surface area contributed by atoms with Crippen LogP contribution in [-0.2, 0) is 4.79 Å². The van der Waals surface area contributed by atoms with Crippen molar-refractivity contribution in [3.8, 4) is 11.5 Å². The summed E-state index contributed by atoms with van der Waals surface area (Å²) in [7, 11) is 0. The second-order valence-corrected chi connectivity index (χ2v) is 6.74. The highest BCUT2D eigenvalue weighted by molar-refractivity contribution is 5.73. The van der Waals surface area contributed by atoms with E-state index in [0.29, 0.717) is 12.2 Å². The number of hydrogen-bond acceptors (Lipinski definition) is 7. The first kappa shape index (κ1) is 24.1. The highest BCUT2D eigenvalue weighted by Crippen LogP contribution is 2.16.